The first-order chi connectivity index (χ1) is 9.28. The first-order valence-corrected chi connectivity index (χ1v) is 6.55. The Hall–Kier alpha value is -2.04. The fraction of sp³-hybridized carbons (Fsp3) is 0.429. The lowest BCUT2D eigenvalue weighted by molar-refractivity contribution is 0.413. The van der Waals surface area contributed by atoms with Gasteiger partial charge in [0.2, 0.25) is 0 Å². The molecule has 0 unspecified atom stereocenters. The minimum absolute atomic E-state index is 0.772. The highest BCUT2D eigenvalue weighted by molar-refractivity contribution is 5.51. The first-order valence-electron chi connectivity index (χ1n) is 6.55. The van der Waals surface area contributed by atoms with Gasteiger partial charge in [-0.1, -0.05) is 0 Å². The van der Waals surface area contributed by atoms with Crippen LogP contribution in [-0.4, -0.2) is 28.8 Å². The average Bonchev–Trinajstić information content (AvgIpc) is 2.82. The molecule has 0 amide bonds. The van der Waals surface area contributed by atoms with Gasteiger partial charge in [0.1, 0.15) is 5.75 Å². The smallest absolute Gasteiger partial charge is 0.154 e. The summed E-state index contributed by atoms with van der Waals surface area (Å²) in [6.45, 7) is 3.88. The molecule has 2 aromatic heterocycles. The molecule has 1 aliphatic rings. The van der Waals surface area contributed by atoms with Crippen molar-refractivity contribution in [2.45, 2.75) is 26.3 Å². The maximum absolute atomic E-state index is 5.24. The Labute approximate surface area is 112 Å². The van der Waals surface area contributed by atoms with Crippen LogP contribution in [0.15, 0.2) is 18.3 Å². The molecule has 100 valence electrons. The highest BCUT2D eigenvalue weighted by Crippen LogP contribution is 2.28. The zero-order valence-electron chi connectivity index (χ0n) is 11.3. The van der Waals surface area contributed by atoms with Crippen LogP contribution in [0.2, 0.25) is 0 Å². The van der Waals surface area contributed by atoms with Crippen molar-refractivity contribution in [2.24, 2.45) is 0 Å². The van der Waals surface area contributed by atoms with Crippen molar-refractivity contribution in [1.29, 1.82) is 0 Å². The van der Waals surface area contributed by atoms with Crippen LogP contribution < -0.4 is 9.64 Å². The van der Waals surface area contributed by atoms with E-state index in [1.165, 1.54) is 11.3 Å². The molecule has 0 saturated carbocycles. The van der Waals surface area contributed by atoms with E-state index in [9.17, 15) is 0 Å². The van der Waals surface area contributed by atoms with Gasteiger partial charge in [0.25, 0.3) is 0 Å². The van der Waals surface area contributed by atoms with Crippen LogP contribution in [0.5, 0.6) is 5.75 Å². The van der Waals surface area contributed by atoms with Gasteiger partial charge in [-0.2, -0.15) is 5.10 Å². The molecular weight excluding hydrogens is 240 g/mol. The number of nitrogens with one attached hydrogen (secondary N) is 1. The minimum atomic E-state index is 0.772. The number of anilines is 1. The van der Waals surface area contributed by atoms with Crippen LogP contribution in [0, 0.1) is 6.92 Å². The van der Waals surface area contributed by atoms with Crippen molar-refractivity contribution >= 4 is 5.82 Å². The fourth-order valence-electron chi connectivity index (χ4n) is 2.57. The second kappa shape index (κ2) is 4.91. The molecule has 0 aliphatic carbocycles. The summed E-state index contributed by atoms with van der Waals surface area (Å²) in [7, 11) is 1.68. The standard InChI is InChI=1S/C14H18N4O/c1-10-13-4-3-7-18(14(13)17-16-10)9-11-8-12(19-2)5-6-15-11/h5-6,8H,3-4,7,9H2,1-2H3,(H,16,17). The molecule has 0 spiro atoms. The van der Waals surface area contributed by atoms with Crippen LogP contribution in [0.3, 0.4) is 0 Å². The molecule has 1 aliphatic heterocycles. The molecular formula is C14H18N4O. The van der Waals surface area contributed by atoms with Crippen molar-refractivity contribution in [3.63, 3.8) is 0 Å². The third-order valence-corrected chi connectivity index (χ3v) is 3.58. The van der Waals surface area contributed by atoms with E-state index in [1.54, 1.807) is 13.3 Å². The number of hydrogen-bond donors (Lipinski definition) is 1. The number of pyridine rings is 1. The van der Waals surface area contributed by atoms with Gasteiger partial charge in [-0.25, -0.2) is 0 Å². The lowest BCUT2D eigenvalue weighted by atomic mass is 10.1. The normalized spacial score (nSPS) is 14.3. The Morgan fingerprint density at radius 1 is 1.47 bits per heavy atom. The molecule has 1 N–H and O–H groups in total. The topological polar surface area (TPSA) is 54.0 Å². The van der Waals surface area contributed by atoms with Gasteiger partial charge in [-0.05, 0) is 25.8 Å². The molecule has 0 radical (unpaired) electrons. The molecule has 19 heavy (non-hydrogen) atoms. The van der Waals surface area contributed by atoms with Crippen LogP contribution >= 0.6 is 0 Å². The maximum Gasteiger partial charge on any atom is 0.154 e. The predicted octanol–water partition coefficient (Wildman–Crippen LogP) is 2.07. The second-order valence-electron chi connectivity index (χ2n) is 4.86. The number of aryl methyl sites for hydroxylation is 1. The van der Waals surface area contributed by atoms with Crippen molar-refractivity contribution in [3.05, 3.63) is 35.3 Å². The van der Waals surface area contributed by atoms with E-state index in [0.29, 0.717) is 0 Å². The van der Waals surface area contributed by atoms with E-state index < -0.39 is 0 Å². The zero-order valence-corrected chi connectivity index (χ0v) is 11.3. The highest BCUT2D eigenvalue weighted by atomic mass is 16.5. The van der Waals surface area contributed by atoms with Crippen LogP contribution in [0.25, 0.3) is 0 Å². The summed E-state index contributed by atoms with van der Waals surface area (Å²) >= 11 is 0. The van der Waals surface area contributed by atoms with E-state index >= 15 is 0 Å². The molecule has 2 aromatic rings. The lowest BCUT2D eigenvalue weighted by Crippen LogP contribution is -2.29. The van der Waals surface area contributed by atoms with Gasteiger partial charge >= 0.3 is 0 Å². The number of ether oxygens (including phenoxy) is 1. The summed E-state index contributed by atoms with van der Waals surface area (Å²) in [6.07, 6.45) is 4.06. The number of aromatic amines is 1. The third kappa shape index (κ3) is 2.28. The Balaban J connectivity index is 1.84. The molecule has 0 aromatic carbocycles. The van der Waals surface area contributed by atoms with Crippen LogP contribution in [0.1, 0.15) is 23.4 Å². The number of methoxy groups -OCH3 is 1. The fourth-order valence-corrected chi connectivity index (χ4v) is 2.57. The van der Waals surface area contributed by atoms with Gasteiger partial charge in [-0.15, -0.1) is 0 Å². The SMILES string of the molecule is COc1ccnc(CN2CCCc3c2n[nH]c3C)c1. The van der Waals surface area contributed by atoms with Gasteiger partial charge in [-0.3, -0.25) is 10.1 Å². The van der Waals surface area contributed by atoms with Gasteiger partial charge < -0.3 is 9.64 Å². The van der Waals surface area contributed by atoms with E-state index in [-0.39, 0.29) is 0 Å². The largest absolute Gasteiger partial charge is 0.497 e. The van der Waals surface area contributed by atoms with Crippen molar-refractivity contribution < 1.29 is 4.74 Å². The zero-order chi connectivity index (χ0) is 13.2. The van der Waals surface area contributed by atoms with Crippen molar-refractivity contribution in [2.75, 3.05) is 18.6 Å². The van der Waals surface area contributed by atoms with E-state index in [4.69, 9.17) is 4.74 Å². The Morgan fingerprint density at radius 3 is 3.21 bits per heavy atom. The maximum atomic E-state index is 5.24. The number of nitrogens with zero attached hydrogens (tertiary/aromatic N) is 3. The monoisotopic (exact) mass is 258 g/mol. The third-order valence-electron chi connectivity index (χ3n) is 3.58. The van der Waals surface area contributed by atoms with Crippen LogP contribution in [0.4, 0.5) is 5.82 Å². The van der Waals surface area contributed by atoms with Gasteiger partial charge in [0.05, 0.1) is 19.3 Å². The summed E-state index contributed by atoms with van der Waals surface area (Å²) in [4.78, 5) is 6.68. The Bertz CT molecular complexity index is 579. The Morgan fingerprint density at radius 2 is 2.37 bits per heavy atom. The predicted molar refractivity (Wildman–Crippen MR) is 73.5 cm³/mol. The van der Waals surface area contributed by atoms with Gasteiger partial charge in [0.15, 0.2) is 5.82 Å². The molecule has 5 heteroatoms. The molecule has 0 atom stereocenters. The second-order valence-corrected chi connectivity index (χ2v) is 4.86. The molecule has 0 saturated heterocycles. The summed E-state index contributed by atoms with van der Waals surface area (Å²) in [6, 6.07) is 3.84. The summed E-state index contributed by atoms with van der Waals surface area (Å²) < 4.78 is 5.24. The van der Waals surface area contributed by atoms with E-state index in [1.807, 2.05) is 12.1 Å². The number of fused-ring (bicyclic) bond motifs is 1. The van der Waals surface area contributed by atoms with E-state index in [0.717, 1.165) is 43.2 Å². The minimum Gasteiger partial charge on any atom is -0.497 e. The number of aromatic nitrogens is 3. The highest BCUT2D eigenvalue weighted by Gasteiger charge is 2.21. The lowest BCUT2D eigenvalue weighted by Gasteiger charge is -2.27. The molecule has 3 heterocycles. The van der Waals surface area contributed by atoms with E-state index in [2.05, 4.69) is 27.0 Å². The summed E-state index contributed by atoms with van der Waals surface area (Å²) in [5, 5.41) is 7.50. The first kappa shape index (κ1) is 12.0. The molecule has 5 nitrogen and oxygen atoms in total. The molecule has 0 bridgehead atoms. The summed E-state index contributed by atoms with van der Waals surface area (Å²) in [5.74, 6) is 1.92. The van der Waals surface area contributed by atoms with Crippen molar-refractivity contribution in [3.8, 4) is 5.75 Å². The summed E-state index contributed by atoms with van der Waals surface area (Å²) in [5.41, 5.74) is 3.53. The molecule has 3 rings (SSSR count). The Kier molecular flexibility index (Phi) is 3.11. The van der Waals surface area contributed by atoms with Crippen molar-refractivity contribution in [1.82, 2.24) is 15.2 Å². The molecule has 0 fully saturated rings. The van der Waals surface area contributed by atoms with Crippen LogP contribution in [-0.2, 0) is 13.0 Å². The number of hydrogen-bond acceptors (Lipinski definition) is 4. The average molecular weight is 258 g/mol. The number of H-pyrrole nitrogens is 1. The van der Waals surface area contributed by atoms with Gasteiger partial charge in [0, 0.05) is 30.1 Å². The quantitative estimate of drug-likeness (QED) is 0.915. The number of rotatable bonds is 3.